The molecule has 6 atom stereocenters. The maximum absolute atomic E-state index is 12.1. The van der Waals surface area contributed by atoms with E-state index in [1.54, 1.807) is 12.3 Å². The summed E-state index contributed by atoms with van der Waals surface area (Å²) < 4.78 is 16.4. The molecule has 1 fully saturated rings. The maximum Gasteiger partial charge on any atom is 0.333 e. The van der Waals surface area contributed by atoms with Gasteiger partial charge in [0.1, 0.15) is 18.2 Å². The summed E-state index contributed by atoms with van der Waals surface area (Å²) in [6.07, 6.45) is 0.271. The van der Waals surface area contributed by atoms with Crippen LogP contribution in [0, 0.1) is 0 Å². The summed E-state index contributed by atoms with van der Waals surface area (Å²) in [6.45, 7) is 2.30. The van der Waals surface area contributed by atoms with E-state index in [9.17, 15) is 24.6 Å². The van der Waals surface area contributed by atoms with Crippen molar-refractivity contribution in [2.24, 2.45) is 11.5 Å². The molecule has 0 aliphatic carbocycles. The van der Waals surface area contributed by atoms with Crippen molar-refractivity contribution >= 4 is 17.9 Å². The van der Waals surface area contributed by atoms with E-state index in [1.165, 1.54) is 24.9 Å². The Morgan fingerprint density at radius 1 is 1.21 bits per heavy atom. The molecule has 0 aromatic rings. The van der Waals surface area contributed by atoms with Crippen LogP contribution in [0.4, 0.5) is 0 Å². The van der Waals surface area contributed by atoms with Crippen molar-refractivity contribution in [3.8, 4) is 0 Å². The lowest BCUT2D eigenvalue weighted by atomic mass is 10.1. The van der Waals surface area contributed by atoms with Crippen LogP contribution in [0.25, 0.3) is 0 Å². The minimum Gasteiger partial charge on any atom is -0.478 e. The topological polar surface area (TPSA) is 175 Å². The van der Waals surface area contributed by atoms with E-state index in [0.717, 1.165) is 0 Å². The number of carboxylic acids is 1. The predicted molar refractivity (Wildman–Crippen MR) is 94.1 cm³/mol. The monoisotopic (exact) mass is 399 g/mol. The Kier molecular flexibility index (Phi) is 7.13. The molecule has 6 N–H and O–H groups in total. The first kappa shape index (κ1) is 21.8. The Balaban J connectivity index is 2.35. The highest BCUT2D eigenvalue weighted by atomic mass is 16.6. The second-order valence-electron chi connectivity index (χ2n) is 6.62. The van der Waals surface area contributed by atoms with E-state index in [-0.39, 0.29) is 12.0 Å². The van der Waals surface area contributed by atoms with Gasteiger partial charge in [-0.2, -0.15) is 0 Å². The molecule has 11 heteroatoms. The number of hydrogen-bond acceptors (Lipinski definition) is 10. The Morgan fingerprint density at radius 3 is 2.29 bits per heavy atom. The fraction of sp³-hybridized carbons (Fsp3) is 0.588. The van der Waals surface area contributed by atoms with Crippen LogP contribution in [-0.2, 0) is 28.6 Å². The van der Waals surface area contributed by atoms with Gasteiger partial charge >= 0.3 is 17.9 Å². The van der Waals surface area contributed by atoms with Crippen LogP contribution in [0.3, 0.4) is 0 Å². The average Bonchev–Trinajstić information content (AvgIpc) is 2.98. The molecule has 156 valence electrons. The highest BCUT2D eigenvalue weighted by molar-refractivity contribution is 5.87. The van der Waals surface area contributed by atoms with Crippen LogP contribution in [0.15, 0.2) is 24.0 Å². The van der Waals surface area contributed by atoms with Crippen LogP contribution >= 0.6 is 0 Å². The maximum atomic E-state index is 12.1. The summed E-state index contributed by atoms with van der Waals surface area (Å²) in [6, 6.07) is -1.91. The molecule has 2 heterocycles. The zero-order valence-electron chi connectivity index (χ0n) is 15.6. The molecule has 28 heavy (non-hydrogen) atoms. The zero-order chi connectivity index (χ0) is 21.0. The van der Waals surface area contributed by atoms with Gasteiger partial charge in [0.15, 0.2) is 18.4 Å². The van der Waals surface area contributed by atoms with Crippen molar-refractivity contribution in [2.45, 2.75) is 56.9 Å². The molecule has 0 saturated carbocycles. The third-order valence-corrected chi connectivity index (χ3v) is 4.20. The van der Waals surface area contributed by atoms with E-state index in [1.807, 2.05) is 0 Å². The van der Waals surface area contributed by atoms with E-state index >= 15 is 0 Å². The second-order valence-corrected chi connectivity index (χ2v) is 6.62. The number of nitrogens with zero attached hydrogens (tertiary/aromatic N) is 1. The highest BCUT2D eigenvalue weighted by Crippen LogP contribution is 2.31. The number of rotatable bonds is 7. The predicted octanol–water partition coefficient (Wildman–Crippen LogP) is -1.59. The number of carbonyl (C=O) groups excluding carboxylic acids is 2. The van der Waals surface area contributed by atoms with Gasteiger partial charge in [-0.1, -0.05) is 6.08 Å². The molecule has 0 bridgehead atoms. The van der Waals surface area contributed by atoms with E-state index in [4.69, 9.17) is 25.7 Å². The number of ether oxygens (including phenoxy) is 3. The molecular weight excluding hydrogens is 374 g/mol. The molecule has 11 nitrogen and oxygen atoms in total. The third kappa shape index (κ3) is 4.87. The minimum absolute atomic E-state index is 0.0833. The lowest BCUT2D eigenvalue weighted by Gasteiger charge is -2.31. The van der Waals surface area contributed by atoms with Gasteiger partial charge in [0.2, 0.25) is 0 Å². The van der Waals surface area contributed by atoms with Gasteiger partial charge < -0.3 is 40.8 Å². The summed E-state index contributed by atoms with van der Waals surface area (Å²) >= 11 is 0. The molecule has 0 amide bonds. The third-order valence-electron chi connectivity index (χ3n) is 4.20. The first-order valence-electron chi connectivity index (χ1n) is 8.72. The van der Waals surface area contributed by atoms with Crippen molar-refractivity contribution in [2.75, 3.05) is 6.61 Å². The summed E-state index contributed by atoms with van der Waals surface area (Å²) in [4.78, 5) is 36.7. The molecule has 0 unspecified atom stereocenters. The van der Waals surface area contributed by atoms with Gasteiger partial charge in [0.25, 0.3) is 0 Å². The Morgan fingerprint density at radius 2 is 1.79 bits per heavy atom. The fourth-order valence-electron chi connectivity index (χ4n) is 2.72. The van der Waals surface area contributed by atoms with Crippen LogP contribution in [-0.4, -0.2) is 76.3 Å². The molecule has 0 spiro atoms. The molecule has 2 aliphatic rings. The van der Waals surface area contributed by atoms with Crippen molar-refractivity contribution in [1.82, 2.24) is 4.90 Å². The quantitative estimate of drug-likeness (QED) is 0.363. The van der Waals surface area contributed by atoms with Gasteiger partial charge in [-0.15, -0.1) is 0 Å². The van der Waals surface area contributed by atoms with Gasteiger partial charge in [0.05, 0.1) is 12.2 Å². The number of nitrogens with two attached hydrogens (primary N) is 2. The minimum atomic E-state index is -1.17. The standard InChI is InChI=1S/C17H25N3O8/c1-8(18)16(24)27-12-11(7-21)26-14(13(12)28-17(25)9(2)19)20-5-3-4-10(6-20)15(22)23/h3,5-6,8-9,11-14,21H,4,7,18-19H2,1-2H3,(H,22,23)/t8-,9-,11+,12+,13+,14+/m0/s1. The number of esters is 2. The average molecular weight is 399 g/mol. The largest absolute Gasteiger partial charge is 0.478 e. The summed E-state index contributed by atoms with van der Waals surface area (Å²) in [5.41, 5.74) is 11.2. The fourth-order valence-corrected chi connectivity index (χ4v) is 2.72. The Bertz CT molecular complexity index is 675. The van der Waals surface area contributed by atoms with Gasteiger partial charge in [0, 0.05) is 18.8 Å². The summed E-state index contributed by atoms with van der Waals surface area (Å²) in [5.74, 6) is -2.66. The first-order valence-corrected chi connectivity index (χ1v) is 8.72. The van der Waals surface area contributed by atoms with E-state index in [0.29, 0.717) is 0 Å². The van der Waals surface area contributed by atoms with E-state index < -0.39 is 61.1 Å². The van der Waals surface area contributed by atoms with Crippen molar-refractivity contribution in [3.63, 3.8) is 0 Å². The van der Waals surface area contributed by atoms with Gasteiger partial charge in [-0.05, 0) is 13.8 Å². The van der Waals surface area contributed by atoms with Gasteiger partial charge in [-0.3, -0.25) is 9.59 Å². The summed E-state index contributed by atoms with van der Waals surface area (Å²) in [5, 5.41) is 18.9. The molecular formula is C17H25N3O8. The highest BCUT2D eigenvalue weighted by Gasteiger charge is 2.51. The van der Waals surface area contributed by atoms with Crippen molar-refractivity contribution in [1.29, 1.82) is 0 Å². The number of carboxylic acid groups (broad SMARTS) is 1. The van der Waals surface area contributed by atoms with Crippen LogP contribution in [0.5, 0.6) is 0 Å². The van der Waals surface area contributed by atoms with Crippen molar-refractivity contribution in [3.05, 3.63) is 24.0 Å². The number of aliphatic hydroxyl groups excluding tert-OH is 1. The Labute approximate surface area is 161 Å². The lowest BCUT2D eigenvalue weighted by Crippen LogP contribution is -2.48. The molecule has 0 radical (unpaired) electrons. The number of aliphatic carboxylic acids is 1. The van der Waals surface area contributed by atoms with Crippen molar-refractivity contribution < 1.29 is 38.8 Å². The zero-order valence-corrected chi connectivity index (χ0v) is 15.6. The lowest BCUT2D eigenvalue weighted by molar-refractivity contribution is -0.170. The van der Waals surface area contributed by atoms with Crippen LogP contribution < -0.4 is 11.5 Å². The number of aliphatic hydroxyl groups is 1. The number of carbonyl (C=O) groups is 3. The normalized spacial score (nSPS) is 29.0. The SMILES string of the molecule is C[C@H](N)C(=O)O[C@@H]1[C@H](OC(=O)[C@H](C)N)[C@@H](CO)O[C@H]1N1C=CCC(C(=O)O)=C1. The summed E-state index contributed by atoms with van der Waals surface area (Å²) in [7, 11) is 0. The molecule has 2 aliphatic heterocycles. The number of allylic oxidation sites excluding steroid dienone is 1. The molecule has 0 aromatic carbocycles. The van der Waals surface area contributed by atoms with Crippen LogP contribution in [0.1, 0.15) is 20.3 Å². The van der Waals surface area contributed by atoms with Crippen LogP contribution in [0.2, 0.25) is 0 Å². The molecule has 2 rings (SSSR count). The Hall–Kier alpha value is -2.47. The molecule has 0 aromatic heterocycles. The van der Waals surface area contributed by atoms with E-state index in [2.05, 4.69) is 0 Å². The second kappa shape index (κ2) is 9.15. The smallest absolute Gasteiger partial charge is 0.333 e. The first-order chi connectivity index (χ1) is 13.1. The molecule has 1 saturated heterocycles. The number of hydrogen-bond donors (Lipinski definition) is 4. The van der Waals surface area contributed by atoms with Gasteiger partial charge in [-0.25, -0.2) is 4.79 Å².